The molecule has 32 heavy (non-hydrogen) atoms. The molecule has 1 atom stereocenters. The largest absolute Gasteiger partial charge is 0.332 e. The van der Waals surface area contributed by atoms with Gasteiger partial charge >= 0.3 is 6.03 Å². The molecule has 2 aromatic heterocycles. The number of fused-ring (bicyclic) bond motifs is 3. The fourth-order valence-corrected chi connectivity index (χ4v) is 8.50. The number of carbonyl (C=O) groups is 1. The number of hydrogen-bond acceptors (Lipinski definition) is 2. The first-order chi connectivity index (χ1) is 15.7. The summed E-state index contributed by atoms with van der Waals surface area (Å²) in [7, 11) is 0. The molecule has 4 fully saturated rings. The monoisotopic (exact) mass is 443 g/mol. The minimum Gasteiger partial charge on any atom is -0.332 e. The van der Waals surface area contributed by atoms with Gasteiger partial charge in [0.2, 0.25) is 0 Å². The van der Waals surface area contributed by atoms with Gasteiger partial charge in [0.05, 0.1) is 17.9 Å². The van der Waals surface area contributed by atoms with Crippen LogP contribution < -0.4 is 5.32 Å². The second-order valence-electron chi connectivity index (χ2n) is 10.6. The number of para-hydroxylation sites is 1. The smallest absolute Gasteiger partial charge is 0.319 e. The predicted molar refractivity (Wildman–Crippen MR) is 127 cm³/mol. The van der Waals surface area contributed by atoms with Gasteiger partial charge in [-0.2, -0.15) is 0 Å². The number of thiophene rings is 1. The van der Waals surface area contributed by atoms with Crippen LogP contribution in [0.5, 0.6) is 0 Å². The number of rotatable bonds is 2. The van der Waals surface area contributed by atoms with Gasteiger partial charge in [0.25, 0.3) is 0 Å². The highest BCUT2D eigenvalue weighted by molar-refractivity contribution is 7.10. The van der Waals surface area contributed by atoms with E-state index in [2.05, 4.69) is 74.9 Å². The molecule has 1 aliphatic heterocycles. The highest BCUT2D eigenvalue weighted by Crippen LogP contribution is 2.55. The van der Waals surface area contributed by atoms with Gasteiger partial charge in [-0.1, -0.05) is 24.3 Å². The second kappa shape index (κ2) is 6.98. The summed E-state index contributed by atoms with van der Waals surface area (Å²) in [5.41, 5.74) is 3.56. The molecule has 5 heteroatoms. The van der Waals surface area contributed by atoms with Crippen molar-refractivity contribution in [3.05, 3.63) is 76.2 Å². The van der Waals surface area contributed by atoms with E-state index in [1.165, 1.54) is 54.7 Å². The molecular weight excluding hydrogens is 414 g/mol. The molecule has 1 N–H and O–H groups in total. The molecule has 2 amide bonds. The van der Waals surface area contributed by atoms with Crippen LogP contribution in [0.1, 0.15) is 60.7 Å². The Kier molecular flexibility index (Phi) is 4.14. The van der Waals surface area contributed by atoms with Gasteiger partial charge in [-0.05, 0) is 91.5 Å². The minimum atomic E-state index is -0.0775. The van der Waals surface area contributed by atoms with Gasteiger partial charge in [0.15, 0.2) is 0 Å². The Balaban J connectivity index is 1.29. The van der Waals surface area contributed by atoms with Crippen LogP contribution in [0.2, 0.25) is 0 Å². The van der Waals surface area contributed by atoms with E-state index < -0.39 is 0 Å². The summed E-state index contributed by atoms with van der Waals surface area (Å²) in [6.45, 7) is 0.624. The minimum absolute atomic E-state index is 0.0135. The average molecular weight is 444 g/mol. The van der Waals surface area contributed by atoms with Crippen molar-refractivity contribution in [2.24, 2.45) is 17.8 Å². The van der Waals surface area contributed by atoms with Crippen molar-refractivity contribution in [1.29, 1.82) is 0 Å². The molecule has 1 aromatic carbocycles. The molecular formula is C27H29N3OS. The SMILES string of the molecule is O=C(NC12CC3CC(CC(C3)C1)C2)N1Cc2ccccc2-n2cccc2[C@@H]1c1cccs1. The fourth-order valence-electron chi connectivity index (χ4n) is 7.65. The summed E-state index contributed by atoms with van der Waals surface area (Å²) in [5, 5.41) is 5.77. The van der Waals surface area contributed by atoms with Crippen molar-refractivity contribution in [2.45, 2.75) is 56.7 Å². The van der Waals surface area contributed by atoms with Gasteiger partial charge in [-0.25, -0.2) is 4.79 Å². The van der Waals surface area contributed by atoms with Crippen molar-refractivity contribution < 1.29 is 4.79 Å². The molecule has 3 aromatic rings. The van der Waals surface area contributed by atoms with E-state index in [4.69, 9.17) is 0 Å². The molecule has 0 saturated heterocycles. The van der Waals surface area contributed by atoms with Crippen LogP contribution in [0.3, 0.4) is 0 Å². The lowest BCUT2D eigenvalue weighted by molar-refractivity contribution is -0.0163. The predicted octanol–water partition coefficient (Wildman–Crippen LogP) is 6.12. The van der Waals surface area contributed by atoms with Gasteiger partial charge in [-0.15, -0.1) is 11.3 Å². The van der Waals surface area contributed by atoms with Crippen molar-refractivity contribution in [1.82, 2.24) is 14.8 Å². The Morgan fingerprint density at radius 2 is 1.69 bits per heavy atom. The van der Waals surface area contributed by atoms with Crippen LogP contribution in [0.25, 0.3) is 5.69 Å². The molecule has 0 spiro atoms. The first-order valence-corrected chi connectivity index (χ1v) is 12.9. The average Bonchev–Trinajstić information content (AvgIpc) is 3.43. The fraction of sp³-hybridized carbons (Fsp3) is 0.444. The zero-order chi connectivity index (χ0) is 21.3. The highest BCUT2D eigenvalue weighted by Gasteiger charge is 2.52. The summed E-state index contributed by atoms with van der Waals surface area (Å²) < 4.78 is 2.28. The van der Waals surface area contributed by atoms with E-state index in [-0.39, 0.29) is 17.6 Å². The summed E-state index contributed by atoms with van der Waals surface area (Å²) in [6, 6.07) is 17.1. The van der Waals surface area contributed by atoms with Gasteiger partial charge in [0.1, 0.15) is 6.04 Å². The topological polar surface area (TPSA) is 37.3 Å². The third-order valence-electron chi connectivity index (χ3n) is 8.45. The Labute approximate surface area is 193 Å². The van der Waals surface area contributed by atoms with Crippen molar-refractivity contribution in [3.8, 4) is 5.69 Å². The summed E-state index contributed by atoms with van der Waals surface area (Å²) in [6.07, 6.45) is 9.82. The molecule has 0 unspecified atom stereocenters. The molecule has 5 aliphatic rings. The number of aromatic nitrogens is 1. The molecule has 4 bridgehead atoms. The van der Waals surface area contributed by atoms with Crippen LogP contribution in [-0.2, 0) is 6.54 Å². The van der Waals surface area contributed by atoms with Crippen molar-refractivity contribution in [2.75, 3.05) is 0 Å². The van der Waals surface area contributed by atoms with E-state index in [9.17, 15) is 4.79 Å². The molecule has 164 valence electrons. The second-order valence-corrected chi connectivity index (χ2v) is 11.6. The van der Waals surface area contributed by atoms with Crippen LogP contribution in [0, 0.1) is 17.8 Å². The first kappa shape index (κ1) is 19.0. The van der Waals surface area contributed by atoms with Crippen LogP contribution >= 0.6 is 11.3 Å². The summed E-state index contributed by atoms with van der Waals surface area (Å²) in [4.78, 5) is 17.4. The molecule has 4 aliphatic carbocycles. The number of benzene rings is 1. The Bertz CT molecular complexity index is 1130. The van der Waals surface area contributed by atoms with E-state index in [1.807, 2.05) is 0 Å². The third kappa shape index (κ3) is 2.90. The van der Waals surface area contributed by atoms with E-state index >= 15 is 0 Å². The van der Waals surface area contributed by atoms with Gasteiger partial charge < -0.3 is 14.8 Å². The molecule has 0 radical (unpaired) electrons. The summed E-state index contributed by atoms with van der Waals surface area (Å²) in [5.74, 6) is 2.45. The lowest BCUT2D eigenvalue weighted by Crippen LogP contribution is -2.62. The van der Waals surface area contributed by atoms with E-state index in [0.29, 0.717) is 6.54 Å². The number of urea groups is 1. The lowest BCUT2D eigenvalue weighted by Gasteiger charge is -2.57. The standard InChI is InChI=1S/C27H29N3OS/c31-26(28-27-14-18-11-19(15-27)13-20(12-18)16-27)30-17-21-5-1-2-6-22(21)29-9-3-7-23(29)25(30)24-8-4-10-32-24/h1-10,18-20,25H,11-17H2,(H,28,31)/t18?,19?,20?,25-,27?/m1/s1. The number of carbonyl (C=O) groups excluding carboxylic acids is 1. The number of hydrogen-bond donors (Lipinski definition) is 1. The van der Waals surface area contributed by atoms with Gasteiger partial charge in [0, 0.05) is 16.6 Å². The lowest BCUT2D eigenvalue weighted by atomic mass is 9.53. The number of nitrogens with one attached hydrogen (secondary N) is 1. The van der Waals surface area contributed by atoms with Gasteiger partial charge in [-0.3, -0.25) is 0 Å². The first-order valence-electron chi connectivity index (χ1n) is 12.1. The molecule has 3 heterocycles. The van der Waals surface area contributed by atoms with Crippen molar-refractivity contribution >= 4 is 17.4 Å². The maximum atomic E-state index is 14.1. The number of nitrogens with zero attached hydrogens (tertiary/aromatic N) is 2. The molecule has 4 saturated carbocycles. The quantitative estimate of drug-likeness (QED) is 0.509. The highest BCUT2D eigenvalue weighted by atomic mass is 32.1. The van der Waals surface area contributed by atoms with Crippen molar-refractivity contribution in [3.63, 3.8) is 0 Å². The van der Waals surface area contributed by atoms with Crippen LogP contribution in [-0.4, -0.2) is 21.0 Å². The molecule has 4 nitrogen and oxygen atoms in total. The Hall–Kier alpha value is -2.53. The third-order valence-corrected chi connectivity index (χ3v) is 9.37. The zero-order valence-corrected chi connectivity index (χ0v) is 19.1. The van der Waals surface area contributed by atoms with E-state index in [0.717, 1.165) is 23.4 Å². The molecule has 8 rings (SSSR count). The van der Waals surface area contributed by atoms with Crippen LogP contribution in [0.4, 0.5) is 4.79 Å². The maximum Gasteiger partial charge on any atom is 0.319 e. The normalized spacial score (nSPS) is 32.3. The van der Waals surface area contributed by atoms with E-state index in [1.54, 1.807) is 11.3 Å². The number of amides is 2. The summed E-state index contributed by atoms with van der Waals surface area (Å²) >= 11 is 1.74. The maximum absolute atomic E-state index is 14.1. The zero-order valence-electron chi connectivity index (χ0n) is 18.2. The Morgan fingerprint density at radius 3 is 2.41 bits per heavy atom. The van der Waals surface area contributed by atoms with Crippen LogP contribution in [0.15, 0.2) is 60.1 Å². The Morgan fingerprint density at radius 1 is 0.938 bits per heavy atom.